The average molecular weight is 217 g/mol. The highest BCUT2D eigenvalue weighted by molar-refractivity contribution is 5.76. The highest BCUT2D eigenvalue weighted by Crippen LogP contribution is 1.92. The molecule has 0 aliphatic heterocycles. The Morgan fingerprint density at radius 3 is 2.67 bits per heavy atom. The summed E-state index contributed by atoms with van der Waals surface area (Å²) >= 11 is 0. The van der Waals surface area contributed by atoms with Crippen LogP contribution in [0.4, 0.5) is 0 Å². The second-order valence-electron chi connectivity index (χ2n) is 3.54. The van der Waals surface area contributed by atoms with Crippen molar-refractivity contribution in [2.75, 3.05) is 26.7 Å². The summed E-state index contributed by atoms with van der Waals surface area (Å²) in [6.07, 6.45) is 0.550. The predicted molar refractivity (Wildman–Crippen MR) is 60.6 cm³/mol. The fourth-order valence-corrected chi connectivity index (χ4v) is 1.15. The van der Waals surface area contributed by atoms with Crippen LogP contribution >= 0.6 is 0 Å². The zero-order valence-corrected chi connectivity index (χ0v) is 9.88. The van der Waals surface area contributed by atoms with Crippen molar-refractivity contribution in [3.05, 3.63) is 0 Å². The smallest absolute Gasteiger partial charge is 0.221 e. The third-order valence-corrected chi connectivity index (χ3v) is 2.19. The van der Waals surface area contributed by atoms with Crippen LogP contribution in [0.2, 0.25) is 0 Å². The van der Waals surface area contributed by atoms with Crippen molar-refractivity contribution in [1.82, 2.24) is 10.6 Å². The van der Waals surface area contributed by atoms with E-state index in [1.807, 2.05) is 13.8 Å². The normalized spacial score (nSPS) is 14.7. The SMILES string of the molecule is CCNC(=O)CC(CN)NCC(C)OC. The quantitative estimate of drug-likeness (QED) is 0.510. The minimum Gasteiger partial charge on any atom is -0.380 e. The standard InChI is InChI=1S/C10H23N3O2/c1-4-12-10(14)5-9(6-11)13-7-8(2)15-3/h8-9,13H,4-7,11H2,1-3H3,(H,12,14). The molecule has 0 aromatic rings. The van der Waals surface area contributed by atoms with Gasteiger partial charge in [-0.05, 0) is 13.8 Å². The molecule has 0 aromatic carbocycles. The number of amides is 1. The topological polar surface area (TPSA) is 76.4 Å². The minimum absolute atomic E-state index is 0.0224. The van der Waals surface area contributed by atoms with Gasteiger partial charge in [0, 0.05) is 39.2 Å². The molecular weight excluding hydrogens is 194 g/mol. The molecule has 2 atom stereocenters. The Morgan fingerprint density at radius 1 is 1.53 bits per heavy atom. The fraction of sp³-hybridized carbons (Fsp3) is 0.900. The maximum atomic E-state index is 11.3. The maximum Gasteiger partial charge on any atom is 0.221 e. The van der Waals surface area contributed by atoms with Gasteiger partial charge in [0.1, 0.15) is 0 Å². The van der Waals surface area contributed by atoms with Gasteiger partial charge in [-0.1, -0.05) is 0 Å². The molecule has 0 heterocycles. The van der Waals surface area contributed by atoms with Crippen molar-refractivity contribution >= 4 is 5.91 Å². The van der Waals surface area contributed by atoms with E-state index >= 15 is 0 Å². The summed E-state index contributed by atoms with van der Waals surface area (Å²) in [5, 5.41) is 5.94. The number of nitrogens with one attached hydrogen (secondary N) is 2. The predicted octanol–water partition coefficient (Wildman–Crippen LogP) is -0.536. The van der Waals surface area contributed by atoms with Crippen molar-refractivity contribution in [3.63, 3.8) is 0 Å². The lowest BCUT2D eigenvalue weighted by Gasteiger charge is -2.18. The Labute approximate surface area is 91.7 Å². The highest BCUT2D eigenvalue weighted by atomic mass is 16.5. The highest BCUT2D eigenvalue weighted by Gasteiger charge is 2.12. The number of rotatable bonds is 8. The Kier molecular flexibility index (Phi) is 8.27. The van der Waals surface area contributed by atoms with E-state index in [0.29, 0.717) is 26.1 Å². The van der Waals surface area contributed by atoms with Crippen LogP contribution < -0.4 is 16.4 Å². The molecular formula is C10H23N3O2. The lowest BCUT2D eigenvalue weighted by atomic mass is 10.2. The molecule has 5 heteroatoms. The van der Waals surface area contributed by atoms with Gasteiger partial charge < -0.3 is 21.1 Å². The molecule has 0 saturated heterocycles. The van der Waals surface area contributed by atoms with E-state index in [1.54, 1.807) is 7.11 Å². The van der Waals surface area contributed by atoms with Crippen LogP contribution in [0.3, 0.4) is 0 Å². The van der Waals surface area contributed by atoms with Gasteiger partial charge in [0.05, 0.1) is 6.10 Å². The summed E-state index contributed by atoms with van der Waals surface area (Å²) in [6.45, 7) is 5.68. The first-order valence-corrected chi connectivity index (χ1v) is 5.36. The monoisotopic (exact) mass is 217 g/mol. The molecule has 0 rings (SSSR count). The van der Waals surface area contributed by atoms with Crippen LogP contribution in [0.15, 0.2) is 0 Å². The number of methoxy groups -OCH3 is 1. The van der Waals surface area contributed by atoms with Gasteiger partial charge in [0.25, 0.3) is 0 Å². The number of carbonyl (C=O) groups is 1. The summed E-state index contributed by atoms with van der Waals surface area (Å²) in [4.78, 5) is 11.3. The molecule has 0 spiro atoms. The summed E-state index contributed by atoms with van der Waals surface area (Å²) in [7, 11) is 1.66. The molecule has 0 aliphatic rings. The zero-order chi connectivity index (χ0) is 11.7. The van der Waals surface area contributed by atoms with Crippen molar-refractivity contribution in [2.45, 2.75) is 32.4 Å². The lowest BCUT2D eigenvalue weighted by Crippen LogP contribution is -2.43. The maximum absolute atomic E-state index is 11.3. The molecule has 0 bridgehead atoms. The second kappa shape index (κ2) is 8.64. The first kappa shape index (κ1) is 14.3. The van der Waals surface area contributed by atoms with Crippen molar-refractivity contribution < 1.29 is 9.53 Å². The van der Waals surface area contributed by atoms with Gasteiger partial charge in [-0.25, -0.2) is 0 Å². The van der Waals surface area contributed by atoms with Gasteiger partial charge in [-0.3, -0.25) is 4.79 Å². The van der Waals surface area contributed by atoms with Gasteiger partial charge in [0.2, 0.25) is 5.91 Å². The molecule has 0 fully saturated rings. The van der Waals surface area contributed by atoms with Crippen LogP contribution in [0.25, 0.3) is 0 Å². The Balaban J connectivity index is 3.77. The molecule has 0 saturated carbocycles. The molecule has 4 N–H and O–H groups in total. The number of ether oxygens (including phenoxy) is 1. The Morgan fingerprint density at radius 2 is 2.20 bits per heavy atom. The minimum atomic E-state index is 0.0224. The largest absolute Gasteiger partial charge is 0.380 e. The van der Waals surface area contributed by atoms with Crippen LogP contribution in [-0.4, -0.2) is 44.8 Å². The summed E-state index contributed by atoms with van der Waals surface area (Å²) in [5.41, 5.74) is 5.56. The molecule has 0 aromatic heterocycles. The van der Waals surface area contributed by atoms with E-state index < -0.39 is 0 Å². The van der Waals surface area contributed by atoms with Gasteiger partial charge in [0.15, 0.2) is 0 Å². The fourth-order valence-electron chi connectivity index (χ4n) is 1.15. The van der Waals surface area contributed by atoms with Gasteiger partial charge >= 0.3 is 0 Å². The molecule has 0 aliphatic carbocycles. The van der Waals surface area contributed by atoms with E-state index in [2.05, 4.69) is 10.6 Å². The lowest BCUT2D eigenvalue weighted by molar-refractivity contribution is -0.121. The van der Waals surface area contributed by atoms with Crippen molar-refractivity contribution in [1.29, 1.82) is 0 Å². The Hall–Kier alpha value is -0.650. The van der Waals surface area contributed by atoms with Crippen LogP contribution in [0, 0.1) is 0 Å². The third-order valence-electron chi connectivity index (χ3n) is 2.19. The molecule has 5 nitrogen and oxygen atoms in total. The van der Waals surface area contributed by atoms with E-state index in [-0.39, 0.29) is 18.1 Å². The average Bonchev–Trinajstić information content (AvgIpc) is 2.23. The number of carbonyl (C=O) groups excluding carboxylic acids is 1. The van der Waals surface area contributed by atoms with Crippen LogP contribution in [-0.2, 0) is 9.53 Å². The molecule has 2 unspecified atom stereocenters. The number of nitrogens with two attached hydrogens (primary N) is 1. The third kappa shape index (κ3) is 7.30. The molecule has 1 amide bonds. The number of hydrogen-bond donors (Lipinski definition) is 3. The first-order chi connectivity index (χ1) is 7.13. The zero-order valence-electron chi connectivity index (χ0n) is 9.88. The van der Waals surface area contributed by atoms with Crippen molar-refractivity contribution in [3.8, 4) is 0 Å². The van der Waals surface area contributed by atoms with Gasteiger partial charge in [-0.15, -0.1) is 0 Å². The molecule has 15 heavy (non-hydrogen) atoms. The van der Waals surface area contributed by atoms with E-state index in [9.17, 15) is 4.79 Å². The number of hydrogen-bond acceptors (Lipinski definition) is 4. The Bertz CT molecular complexity index is 176. The van der Waals surface area contributed by atoms with E-state index in [1.165, 1.54) is 0 Å². The van der Waals surface area contributed by atoms with Gasteiger partial charge in [-0.2, -0.15) is 0 Å². The molecule has 90 valence electrons. The second-order valence-corrected chi connectivity index (χ2v) is 3.54. The van der Waals surface area contributed by atoms with Crippen LogP contribution in [0.5, 0.6) is 0 Å². The van der Waals surface area contributed by atoms with Crippen molar-refractivity contribution in [2.24, 2.45) is 5.73 Å². The molecule has 0 radical (unpaired) electrons. The van der Waals surface area contributed by atoms with E-state index in [0.717, 1.165) is 0 Å². The summed E-state index contributed by atoms with van der Waals surface area (Å²) < 4.78 is 5.09. The van der Waals surface area contributed by atoms with Crippen LogP contribution in [0.1, 0.15) is 20.3 Å². The first-order valence-electron chi connectivity index (χ1n) is 5.36. The summed E-state index contributed by atoms with van der Waals surface area (Å²) in [6, 6.07) is 0.0224. The van der Waals surface area contributed by atoms with E-state index in [4.69, 9.17) is 10.5 Å². The summed E-state index contributed by atoms with van der Waals surface area (Å²) in [5.74, 6) is 0.0329.